The summed E-state index contributed by atoms with van der Waals surface area (Å²) < 4.78 is 3.68. The van der Waals surface area contributed by atoms with Gasteiger partial charge in [0.1, 0.15) is 11.4 Å². The predicted octanol–water partition coefficient (Wildman–Crippen LogP) is 4.99. The zero-order valence-electron chi connectivity index (χ0n) is 17.2. The number of aromatic nitrogens is 2. The van der Waals surface area contributed by atoms with Gasteiger partial charge in [0.2, 0.25) is 0 Å². The first-order valence-corrected chi connectivity index (χ1v) is 10.5. The van der Waals surface area contributed by atoms with Gasteiger partial charge in [0, 0.05) is 12.4 Å². The average Bonchev–Trinajstić information content (AvgIpc) is 3.50. The Morgan fingerprint density at radius 2 is 1.00 bits per heavy atom. The summed E-state index contributed by atoms with van der Waals surface area (Å²) in [6, 6.07) is 29.2. The van der Waals surface area contributed by atoms with Crippen molar-refractivity contribution in [1.82, 2.24) is 14.0 Å². The highest BCUT2D eigenvalue weighted by Crippen LogP contribution is 2.34. The molecule has 5 heteroatoms. The molecule has 0 radical (unpaired) electrons. The first-order chi connectivity index (χ1) is 15.7. The van der Waals surface area contributed by atoms with Gasteiger partial charge in [0.15, 0.2) is 0 Å². The third-order valence-corrected chi connectivity index (χ3v) is 5.98. The van der Waals surface area contributed by atoms with Crippen molar-refractivity contribution in [1.29, 1.82) is 0 Å². The molecular weight excluding hydrogens is 398 g/mol. The molecule has 2 amide bonds. The van der Waals surface area contributed by atoms with Crippen LogP contribution >= 0.6 is 0 Å². The Morgan fingerprint density at radius 3 is 1.53 bits per heavy atom. The SMILES string of the molecule is O=C1C(n2ccc3ccccc32)=C(n2ccc3ccccc32)C(=O)N1Cc1ccccc1. The van der Waals surface area contributed by atoms with Crippen LogP contribution < -0.4 is 0 Å². The Labute approximate surface area is 184 Å². The fraction of sp³-hybridized carbons (Fsp3) is 0.0370. The predicted molar refractivity (Wildman–Crippen MR) is 125 cm³/mol. The van der Waals surface area contributed by atoms with Gasteiger partial charge < -0.3 is 9.13 Å². The second-order valence-electron chi connectivity index (χ2n) is 7.87. The van der Waals surface area contributed by atoms with E-state index in [9.17, 15) is 9.59 Å². The summed E-state index contributed by atoms with van der Waals surface area (Å²) in [5.41, 5.74) is 3.42. The number of rotatable bonds is 4. The lowest BCUT2D eigenvalue weighted by atomic mass is 10.2. The molecular formula is C27H19N3O2. The molecule has 154 valence electrons. The lowest BCUT2D eigenvalue weighted by Gasteiger charge is -2.15. The first kappa shape index (κ1) is 18.4. The maximum Gasteiger partial charge on any atom is 0.280 e. The number of para-hydroxylation sites is 2. The molecule has 0 fully saturated rings. The second kappa shape index (κ2) is 7.10. The third-order valence-electron chi connectivity index (χ3n) is 5.98. The van der Waals surface area contributed by atoms with Gasteiger partial charge in [-0.2, -0.15) is 0 Å². The van der Waals surface area contributed by atoms with Crippen LogP contribution in [0, 0.1) is 0 Å². The molecule has 5 nitrogen and oxygen atoms in total. The van der Waals surface area contributed by atoms with Crippen LogP contribution in [0.2, 0.25) is 0 Å². The Hall–Kier alpha value is -4.38. The average molecular weight is 417 g/mol. The number of carbonyl (C=O) groups excluding carboxylic acids is 2. The van der Waals surface area contributed by atoms with Crippen molar-refractivity contribution in [2.45, 2.75) is 6.54 Å². The monoisotopic (exact) mass is 417 g/mol. The molecule has 0 atom stereocenters. The van der Waals surface area contributed by atoms with E-state index in [1.807, 2.05) is 113 Å². The minimum absolute atomic E-state index is 0.226. The number of fused-ring (bicyclic) bond motifs is 2. The lowest BCUT2D eigenvalue weighted by Crippen LogP contribution is -2.31. The number of hydrogen-bond acceptors (Lipinski definition) is 2. The molecule has 5 aromatic rings. The van der Waals surface area contributed by atoms with Gasteiger partial charge in [0.05, 0.1) is 17.6 Å². The largest absolute Gasteiger partial charge is 0.310 e. The summed E-state index contributed by atoms with van der Waals surface area (Å²) in [5, 5.41) is 2.02. The summed E-state index contributed by atoms with van der Waals surface area (Å²) in [5.74, 6) is -0.596. The molecule has 0 bridgehead atoms. The molecule has 3 aromatic carbocycles. The molecule has 6 rings (SSSR count). The van der Waals surface area contributed by atoms with Crippen molar-refractivity contribution in [3.8, 4) is 0 Å². The molecule has 0 unspecified atom stereocenters. The highest BCUT2D eigenvalue weighted by molar-refractivity contribution is 6.44. The van der Waals surface area contributed by atoms with Crippen LogP contribution in [0.5, 0.6) is 0 Å². The molecule has 0 N–H and O–H groups in total. The minimum atomic E-state index is -0.298. The highest BCUT2D eigenvalue weighted by Gasteiger charge is 2.41. The Bertz CT molecular complexity index is 1440. The van der Waals surface area contributed by atoms with Crippen molar-refractivity contribution >= 4 is 45.0 Å². The summed E-state index contributed by atoms with van der Waals surface area (Å²) in [6.45, 7) is 0.226. The van der Waals surface area contributed by atoms with Crippen molar-refractivity contribution in [3.05, 3.63) is 109 Å². The van der Waals surface area contributed by atoms with E-state index in [2.05, 4.69) is 0 Å². The molecule has 0 saturated carbocycles. The van der Waals surface area contributed by atoms with Crippen LogP contribution in [0.15, 0.2) is 103 Å². The molecule has 0 saturated heterocycles. The third kappa shape index (κ3) is 2.72. The molecule has 32 heavy (non-hydrogen) atoms. The zero-order chi connectivity index (χ0) is 21.7. The summed E-state index contributed by atoms with van der Waals surface area (Å²) in [6.07, 6.45) is 3.73. The van der Waals surface area contributed by atoms with Crippen LogP contribution in [-0.2, 0) is 16.1 Å². The van der Waals surface area contributed by atoms with Crippen LogP contribution in [-0.4, -0.2) is 25.8 Å². The van der Waals surface area contributed by atoms with E-state index in [-0.39, 0.29) is 18.4 Å². The van der Waals surface area contributed by atoms with E-state index in [1.54, 1.807) is 0 Å². The second-order valence-corrected chi connectivity index (χ2v) is 7.87. The highest BCUT2D eigenvalue weighted by atomic mass is 16.2. The van der Waals surface area contributed by atoms with Gasteiger partial charge in [-0.3, -0.25) is 14.5 Å². The van der Waals surface area contributed by atoms with Gasteiger partial charge >= 0.3 is 0 Å². The maximum atomic E-state index is 13.7. The molecule has 3 heterocycles. The standard InChI is InChI=1S/C27H19N3O2/c31-26-24(28-16-14-20-10-4-6-12-22(20)28)25(29-17-15-21-11-5-7-13-23(21)29)27(32)30(26)18-19-8-2-1-3-9-19/h1-17H,18H2. The van der Waals surface area contributed by atoms with Crippen LogP contribution in [0.4, 0.5) is 0 Å². The Morgan fingerprint density at radius 1 is 0.531 bits per heavy atom. The normalized spacial score (nSPS) is 14.3. The van der Waals surface area contributed by atoms with Crippen molar-refractivity contribution in [2.75, 3.05) is 0 Å². The smallest absolute Gasteiger partial charge is 0.280 e. The fourth-order valence-corrected chi connectivity index (χ4v) is 4.45. The van der Waals surface area contributed by atoms with E-state index in [1.165, 1.54) is 4.90 Å². The summed E-state index contributed by atoms with van der Waals surface area (Å²) >= 11 is 0. The molecule has 0 aliphatic carbocycles. The van der Waals surface area contributed by atoms with E-state index < -0.39 is 0 Å². The van der Waals surface area contributed by atoms with Crippen LogP contribution in [0.3, 0.4) is 0 Å². The quantitative estimate of drug-likeness (QED) is 0.387. The van der Waals surface area contributed by atoms with Gasteiger partial charge in [-0.05, 0) is 40.6 Å². The van der Waals surface area contributed by atoms with E-state index in [4.69, 9.17) is 0 Å². The number of imide groups is 1. The van der Waals surface area contributed by atoms with Crippen molar-refractivity contribution < 1.29 is 9.59 Å². The fourth-order valence-electron chi connectivity index (χ4n) is 4.45. The Kier molecular flexibility index (Phi) is 4.08. The van der Waals surface area contributed by atoms with Crippen molar-refractivity contribution in [2.24, 2.45) is 0 Å². The first-order valence-electron chi connectivity index (χ1n) is 10.5. The van der Waals surface area contributed by atoms with Gasteiger partial charge in [0.25, 0.3) is 11.8 Å². The van der Waals surface area contributed by atoms with Crippen LogP contribution in [0.25, 0.3) is 33.2 Å². The molecule has 1 aliphatic rings. The van der Waals surface area contributed by atoms with Crippen LogP contribution in [0.1, 0.15) is 5.56 Å². The molecule has 0 spiro atoms. The number of amides is 2. The number of carbonyl (C=O) groups is 2. The summed E-state index contributed by atoms with van der Waals surface area (Å²) in [7, 11) is 0. The topological polar surface area (TPSA) is 47.2 Å². The number of nitrogens with zero attached hydrogens (tertiary/aromatic N) is 3. The van der Waals surface area contributed by atoms with E-state index in [0.29, 0.717) is 11.4 Å². The number of hydrogen-bond donors (Lipinski definition) is 0. The molecule has 1 aliphatic heterocycles. The van der Waals surface area contributed by atoms with E-state index >= 15 is 0 Å². The maximum absolute atomic E-state index is 13.7. The molecule has 2 aromatic heterocycles. The van der Waals surface area contributed by atoms with Gasteiger partial charge in [-0.15, -0.1) is 0 Å². The van der Waals surface area contributed by atoms with Gasteiger partial charge in [-0.25, -0.2) is 0 Å². The Balaban J connectivity index is 1.58. The number of benzene rings is 3. The van der Waals surface area contributed by atoms with Gasteiger partial charge in [-0.1, -0.05) is 66.7 Å². The minimum Gasteiger partial charge on any atom is -0.310 e. The van der Waals surface area contributed by atoms with E-state index in [0.717, 1.165) is 27.4 Å². The zero-order valence-corrected chi connectivity index (χ0v) is 17.2. The lowest BCUT2D eigenvalue weighted by molar-refractivity contribution is -0.137. The van der Waals surface area contributed by atoms with Crippen molar-refractivity contribution in [3.63, 3.8) is 0 Å². The summed E-state index contributed by atoms with van der Waals surface area (Å²) in [4.78, 5) is 28.8.